The van der Waals surface area contributed by atoms with Gasteiger partial charge in [0, 0.05) is 17.4 Å². The third-order valence-corrected chi connectivity index (χ3v) is 6.44. The van der Waals surface area contributed by atoms with E-state index in [9.17, 15) is 9.90 Å². The van der Waals surface area contributed by atoms with E-state index in [2.05, 4.69) is 26.0 Å². The second kappa shape index (κ2) is 7.23. The summed E-state index contributed by atoms with van der Waals surface area (Å²) in [6.45, 7) is 5.91. The fraction of sp³-hybridized carbons (Fsp3) is 0.435. The zero-order chi connectivity index (χ0) is 21.8. The highest BCUT2D eigenvalue weighted by Crippen LogP contribution is 2.41. The fourth-order valence-electron chi connectivity index (χ4n) is 4.81. The van der Waals surface area contributed by atoms with Crippen molar-refractivity contribution in [1.29, 1.82) is 0 Å². The molecular formula is C23H28N6O2. The number of anilines is 4. The number of aryl methyl sites for hydroxylation is 1. The summed E-state index contributed by atoms with van der Waals surface area (Å²) in [6, 6.07) is 10.2. The Morgan fingerprint density at radius 1 is 1.19 bits per heavy atom. The van der Waals surface area contributed by atoms with Gasteiger partial charge in [0.1, 0.15) is 5.82 Å². The van der Waals surface area contributed by atoms with E-state index in [0.717, 1.165) is 59.7 Å². The van der Waals surface area contributed by atoms with Crippen LogP contribution in [0.5, 0.6) is 0 Å². The molecule has 0 saturated heterocycles. The van der Waals surface area contributed by atoms with E-state index in [1.165, 1.54) is 0 Å². The molecule has 1 amide bonds. The van der Waals surface area contributed by atoms with Gasteiger partial charge in [-0.2, -0.15) is 9.50 Å². The Morgan fingerprint density at radius 3 is 2.74 bits per heavy atom. The average Bonchev–Trinajstić information content (AvgIpc) is 3.22. The minimum Gasteiger partial charge on any atom is -0.393 e. The van der Waals surface area contributed by atoms with Gasteiger partial charge in [-0.3, -0.25) is 4.79 Å². The zero-order valence-corrected chi connectivity index (χ0v) is 18.1. The van der Waals surface area contributed by atoms with Crippen LogP contribution < -0.4 is 16.0 Å². The van der Waals surface area contributed by atoms with E-state index < -0.39 is 5.41 Å². The highest BCUT2D eigenvalue weighted by Gasteiger charge is 2.39. The summed E-state index contributed by atoms with van der Waals surface area (Å²) < 4.78 is 1.80. The van der Waals surface area contributed by atoms with E-state index in [4.69, 9.17) is 0 Å². The Morgan fingerprint density at radius 2 is 1.97 bits per heavy atom. The summed E-state index contributed by atoms with van der Waals surface area (Å²) in [5, 5.41) is 24.2. The molecule has 3 aromatic rings. The van der Waals surface area contributed by atoms with Crippen LogP contribution in [0.3, 0.4) is 0 Å². The van der Waals surface area contributed by atoms with Crippen LogP contribution >= 0.6 is 0 Å². The Hall–Kier alpha value is -3.13. The summed E-state index contributed by atoms with van der Waals surface area (Å²) >= 11 is 0. The number of carbonyl (C=O) groups is 1. The summed E-state index contributed by atoms with van der Waals surface area (Å²) in [5.74, 6) is 1.40. The summed E-state index contributed by atoms with van der Waals surface area (Å²) in [4.78, 5) is 16.9. The van der Waals surface area contributed by atoms with Crippen LogP contribution in [0, 0.1) is 6.92 Å². The number of hydrogen-bond donors (Lipinski definition) is 4. The molecule has 0 spiro atoms. The topological polar surface area (TPSA) is 104 Å². The van der Waals surface area contributed by atoms with Crippen molar-refractivity contribution in [3.05, 3.63) is 41.5 Å². The molecule has 3 heterocycles. The molecule has 8 nitrogen and oxygen atoms in total. The number of nitrogens with zero attached hydrogens (tertiary/aromatic N) is 3. The monoisotopic (exact) mass is 420 g/mol. The second-order valence-electron chi connectivity index (χ2n) is 9.19. The molecule has 1 saturated carbocycles. The number of pyridine rings is 1. The maximum absolute atomic E-state index is 12.3. The van der Waals surface area contributed by atoms with Crippen molar-refractivity contribution in [3.8, 4) is 0 Å². The third kappa shape index (κ3) is 3.50. The smallest absolute Gasteiger partial charge is 0.247 e. The minimum absolute atomic E-state index is 0.0135. The molecule has 0 atom stereocenters. The Bertz CT molecular complexity index is 1160. The van der Waals surface area contributed by atoms with Crippen LogP contribution in [0.15, 0.2) is 30.3 Å². The number of rotatable bonds is 4. The van der Waals surface area contributed by atoms with Gasteiger partial charge < -0.3 is 21.1 Å². The average molecular weight is 421 g/mol. The molecular weight excluding hydrogens is 392 g/mol. The van der Waals surface area contributed by atoms with Gasteiger partial charge in [0.25, 0.3) is 0 Å². The van der Waals surface area contributed by atoms with Crippen molar-refractivity contribution in [3.63, 3.8) is 0 Å². The van der Waals surface area contributed by atoms with Crippen molar-refractivity contribution in [2.75, 3.05) is 16.0 Å². The van der Waals surface area contributed by atoms with E-state index in [1.807, 2.05) is 51.1 Å². The Labute approximate surface area is 181 Å². The first-order valence-corrected chi connectivity index (χ1v) is 10.9. The first kappa shape index (κ1) is 19.8. The molecule has 31 heavy (non-hydrogen) atoms. The molecule has 1 aromatic carbocycles. The molecule has 0 unspecified atom stereocenters. The molecule has 4 N–H and O–H groups in total. The predicted octanol–water partition coefficient (Wildman–Crippen LogP) is 3.73. The predicted molar refractivity (Wildman–Crippen MR) is 121 cm³/mol. The van der Waals surface area contributed by atoms with Gasteiger partial charge in [0.15, 0.2) is 5.65 Å². The fourth-order valence-corrected chi connectivity index (χ4v) is 4.81. The largest absolute Gasteiger partial charge is 0.393 e. The highest BCUT2D eigenvalue weighted by atomic mass is 16.3. The molecule has 2 aromatic heterocycles. The highest BCUT2D eigenvalue weighted by molar-refractivity contribution is 6.06. The summed E-state index contributed by atoms with van der Waals surface area (Å²) in [5.41, 5.74) is 3.97. The molecule has 0 bridgehead atoms. The normalized spacial score (nSPS) is 22.3. The maximum atomic E-state index is 12.3. The van der Waals surface area contributed by atoms with Crippen LogP contribution in [-0.4, -0.2) is 37.8 Å². The first-order valence-electron chi connectivity index (χ1n) is 10.9. The zero-order valence-electron chi connectivity index (χ0n) is 18.1. The van der Waals surface area contributed by atoms with E-state index in [-0.39, 0.29) is 12.0 Å². The molecule has 2 aliphatic rings. The molecule has 162 valence electrons. The van der Waals surface area contributed by atoms with Crippen molar-refractivity contribution < 1.29 is 9.90 Å². The van der Waals surface area contributed by atoms with Crippen molar-refractivity contribution >= 4 is 34.7 Å². The van der Waals surface area contributed by atoms with E-state index in [1.54, 1.807) is 4.52 Å². The molecule has 8 heteroatoms. The number of hydrogen-bond acceptors (Lipinski definition) is 6. The van der Waals surface area contributed by atoms with Gasteiger partial charge in [-0.25, -0.2) is 0 Å². The lowest BCUT2D eigenvalue weighted by Gasteiger charge is -2.26. The number of carbonyl (C=O) groups excluding carboxylic acids is 1. The molecule has 5 rings (SSSR count). The lowest BCUT2D eigenvalue weighted by Crippen LogP contribution is -2.29. The van der Waals surface area contributed by atoms with Gasteiger partial charge in [0.2, 0.25) is 11.9 Å². The van der Waals surface area contributed by atoms with Crippen LogP contribution in [-0.2, 0) is 10.2 Å². The van der Waals surface area contributed by atoms with Crippen molar-refractivity contribution in [2.24, 2.45) is 0 Å². The standard InChI is InChI=1S/C23H28N6O2/c1-13-11-15(12-17-20(13)23(2,3)21(31)26-17)25-22-27-19-6-4-5-18(29(19)28-22)24-14-7-9-16(30)10-8-14/h4-6,11-12,14,16,24,30H,7-10H2,1-3H3,(H,25,28)(H,26,31). The van der Waals surface area contributed by atoms with Gasteiger partial charge in [-0.15, -0.1) is 5.10 Å². The second-order valence-corrected chi connectivity index (χ2v) is 9.19. The van der Waals surface area contributed by atoms with Gasteiger partial charge in [-0.05, 0) is 81.8 Å². The number of benzene rings is 1. The number of fused-ring (bicyclic) bond motifs is 2. The van der Waals surface area contributed by atoms with Crippen LogP contribution in [0.1, 0.15) is 50.7 Å². The number of aromatic nitrogens is 3. The molecule has 1 fully saturated rings. The summed E-state index contributed by atoms with van der Waals surface area (Å²) in [7, 11) is 0. The lowest BCUT2D eigenvalue weighted by atomic mass is 9.83. The number of aliphatic hydroxyl groups excluding tert-OH is 1. The van der Waals surface area contributed by atoms with Crippen LogP contribution in [0.25, 0.3) is 5.65 Å². The Balaban J connectivity index is 1.40. The molecule has 1 aliphatic heterocycles. The van der Waals surface area contributed by atoms with Gasteiger partial charge >= 0.3 is 0 Å². The lowest BCUT2D eigenvalue weighted by molar-refractivity contribution is -0.119. The number of aliphatic hydroxyl groups is 1. The Kier molecular flexibility index (Phi) is 4.62. The van der Waals surface area contributed by atoms with Crippen LogP contribution in [0.2, 0.25) is 0 Å². The van der Waals surface area contributed by atoms with Gasteiger partial charge in [-0.1, -0.05) is 6.07 Å². The third-order valence-electron chi connectivity index (χ3n) is 6.44. The van der Waals surface area contributed by atoms with Crippen molar-refractivity contribution in [2.45, 2.75) is 64.0 Å². The van der Waals surface area contributed by atoms with E-state index in [0.29, 0.717) is 12.0 Å². The minimum atomic E-state index is -0.533. The maximum Gasteiger partial charge on any atom is 0.247 e. The van der Waals surface area contributed by atoms with Gasteiger partial charge in [0.05, 0.1) is 11.5 Å². The summed E-state index contributed by atoms with van der Waals surface area (Å²) in [6.07, 6.45) is 3.34. The van der Waals surface area contributed by atoms with E-state index >= 15 is 0 Å². The van der Waals surface area contributed by atoms with Crippen LogP contribution in [0.4, 0.5) is 23.1 Å². The molecule has 1 aliphatic carbocycles. The number of amides is 1. The van der Waals surface area contributed by atoms with Crippen molar-refractivity contribution in [1.82, 2.24) is 14.6 Å². The SMILES string of the molecule is Cc1cc(Nc2nc3cccc(NC4CCC(O)CC4)n3n2)cc2c1C(C)(C)C(=O)N2. The first-order chi connectivity index (χ1) is 14.8. The molecule has 0 radical (unpaired) electrons. The number of nitrogens with one attached hydrogen (secondary N) is 3. The quantitative estimate of drug-likeness (QED) is 0.513.